The lowest BCUT2D eigenvalue weighted by Crippen LogP contribution is -2.08. The zero-order chi connectivity index (χ0) is 43.7. The number of carbonyl (C=O) groups is 2. The minimum atomic E-state index is -0.108. The quantitative estimate of drug-likeness (QED) is 0.104. The summed E-state index contributed by atoms with van der Waals surface area (Å²) in [5.74, 6) is 8.66. The molecule has 0 amide bonds. The molecule has 0 radical (unpaired) electrons. The van der Waals surface area contributed by atoms with Gasteiger partial charge in [0.2, 0.25) is 11.8 Å². The van der Waals surface area contributed by atoms with Crippen LogP contribution in [0.1, 0.15) is 40.3 Å². The Bertz CT molecular complexity index is 2920. The highest BCUT2D eigenvalue weighted by Gasteiger charge is 2.13. The van der Waals surface area contributed by atoms with E-state index in [1.807, 2.05) is 135 Å². The molecule has 1 N–H and O–H groups in total. The third-order valence-corrected chi connectivity index (χ3v) is 11.2. The Morgan fingerprint density at radius 1 is 0.617 bits per heavy atom. The Balaban J connectivity index is 0.000000162. The van der Waals surface area contributed by atoms with Crippen molar-refractivity contribution in [3.63, 3.8) is 0 Å². The summed E-state index contributed by atoms with van der Waals surface area (Å²) < 4.78 is 7.43. The number of rotatable bonds is 2. The lowest BCUT2D eigenvalue weighted by Gasteiger charge is -2.11. The van der Waals surface area contributed by atoms with E-state index in [0.717, 1.165) is 55.2 Å². The SMILES string of the molecule is Brc1ccc2cc(I)[nH]c2n1.C#Cc1ccc(N(C)C)cc1.CC(=O)n1c(C#Cc2ccc(N(C)C)cc2)cc2ccc(Br)nc21.CC(=O)n1c(I)cc2ccc(Br)nc21. The van der Waals surface area contributed by atoms with Gasteiger partial charge in [0.05, 0.1) is 7.40 Å². The maximum atomic E-state index is 12.0. The molecule has 10 nitrogen and oxygen atoms in total. The van der Waals surface area contributed by atoms with E-state index in [0.29, 0.717) is 21.6 Å². The molecular weight excluding hydrogens is 1180 g/mol. The van der Waals surface area contributed by atoms with Crippen LogP contribution in [0.3, 0.4) is 0 Å². The number of nitrogens with zero attached hydrogens (tertiary/aromatic N) is 7. The third kappa shape index (κ3) is 12.3. The second kappa shape index (κ2) is 21.3. The van der Waals surface area contributed by atoms with Crippen molar-refractivity contribution in [1.29, 1.82) is 0 Å². The Morgan fingerprint density at radius 2 is 1.08 bits per heavy atom. The number of halogens is 5. The number of carbonyl (C=O) groups excluding carboxylic acids is 2. The third-order valence-electron chi connectivity index (χ3n) is 8.50. The molecule has 0 atom stereocenters. The van der Waals surface area contributed by atoms with Gasteiger partial charge in [-0.3, -0.25) is 18.7 Å². The lowest BCUT2D eigenvalue weighted by atomic mass is 10.2. The lowest BCUT2D eigenvalue weighted by molar-refractivity contribution is 0.0930. The monoisotopic (exact) mass is 1210 g/mol. The molecule has 0 unspecified atom stereocenters. The fourth-order valence-corrected chi connectivity index (χ4v) is 7.97. The number of nitrogens with one attached hydrogen (secondary N) is 1. The molecular formula is C45H37Br3I2N8O2. The first kappa shape index (κ1) is 46.5. The standard InChI is InChI=1S/C19H16BrN3O.C10H11N.C9H6BrIN2O.C7H4BrIN2/c1-13(24)23-17(12-15-7-11-18(20)21-19(15)23)10-6-14-4-8-16(9-5-14)22(2)3;1-4-9-5-7-10(8-6-9)11(2)3;1-5(14)13-8(11)4-6-2-3-7(10)12-9(6)13;8-5-2-1-4-3-6(9)11-7(4)10-5/h4-5,7-9,11-12H,1-3H3;1,5-8H,2-3H3;2-4H,1H3;1-3H,(H,10,11). The van der Waals surface area contributed by atoms with Gasteiger partial charge in [-0.2, -0.15) is 0 Å². The van der Waals surface area contributed by atoms with Gasteiger partial charge < -0.3 is 14.8 Å². The number of terminal acetylenes is 1. The second-order valence-corrected chi connectivity index (χ2v) is 18.0. The Morgan fingerprint density at radius 3 is 1.58 bits per heavy atom. The van der Waals surface area contributed by atoms with Gasteiger partial charge in [0.1, 0.15) is 36.4 Å². The fraction of sp³-hybridized carbons (Fsp3) is 0.133. The minimum Gasteiger partial charge on any atom is -0.378 e. The number of pyridine rings is 3. The zero-order valence-corrected chi connectivity index (χ0v) is 42.3. The predicted octanol–water partition coefficient (Wildman–Crippen LogP) is 11.7. The van der Waals surface area contributed by atoms with Crippen molar-refractivity contribution >= 4 is 149 Å². The normalized spacial score (nSPS) is 10.2. The van der Waals surface area contributed by atoms with E-state index in [2.05, 4.69) is 137 Å². The first-order valence-corrected chi connectivity index (χ1v) is 22.5. The van der Waals surface area contributed by atoms with E-state index in [1.54, 1.807) is 9.13 Å². The molecule has 0 aliphatic rings. The van der Waals surface area contributed by atoms with Gasteiger partial charge in [-0.1, -0.05) is 11.8 Å². The average Bonchev–Trinajstić information content (AvgIpc) is 3.88. The topological polar surface area (TPSA) is 105 Å². The number of benzene rings is 2. The number of fused-ring (bicyclic) bond motifs is 3. The summed E-state index contributed by atoms with van der Waals surface area (Å²) in [5.41, 5.74) is 7.01. The van der Waals surface area contributed by atoms with Crippen molar-refractivity contribution in [2.24, 2.45) is 0 Å². The smallest absolute Gasteiger partial charge is 0.230 e. The molecule has 0 saturated carbocycles. The Hall–Kier alpha value is -4.53. The van der Waals surface area contributed by atoms with Crippen molar-refractivity contribution in [3.8, 4) is 24.2 Å². The van der Waals surface area contributed by atoms with E-state index in [9.17, 15) is 9.59 Å². The van der Waals surface area contributed by atoms with Gasteiger partial charge in [-0.15, -0.1) is 6.42 Å². The molecule has 8 rings (SSSR count). The summed E-state index contributed by atoms with van der Waals surface area (Å²) in [6.07, 6.45) is 5.21. The van der Waals surface area contributed by atoms with Gasteiger partial charge in [-0.25, -0.2) is 15.0 Å². The molecule has 60 heavy (non-hydrogen) atoms. The number of hydrogen-bond acceptors (Lipinski definition) is 7. The van der Waals surface area contributed by atoms with Crippen LogP contribution in [0, 0.1) is 31.6 Å². The summed E-state index contributed by atoms with van der Waals surface area (Å²) in [6, 6.07) is 33.3. The largest absolute Gasteiger partial charge is 0.378 e. The van der Waals surface area contributed by atoms with Crippen LogP contribution < -0.4 is 9.80 Å². The van der Waals surface area contributed by atoms with Crippen LogP contribution in [0.4, 0.5) is 11.4 Å². The highest BCUT2D eigenvalue weighted by molar-refractivity contribution is 14.1. The van der Waals surface area contributed by atoms with Crippen LogP contribution >= 0.6 is 93.0 Å². The summed E-state index contributed by atoms with van der Waals surface area (Å²) >= 11 is 14.3. The maximum absolute atomic E-state index is 12.0. The van der Waals surface area contributed by atoms with Gasteiger partial charge in [-0.05, 0) is 202 Å². The summed E-state index contributed by atoms with van der Waals surface area (Å²) in [4.78, 5) is 43.5. The van der Waals surface area contributed by atoms with Crippen LogP contribution in [0.15, 0.2) is 117 Å². The van der Waals surface area contributed by atoms with Crippen LogP contribution in [0.2, 0.25) is 0 Å². The molecule has 304 valence electrons. The van der Waals surface area contributed by atoms with Gasteiger partial charge in [0.25, 0.3) is 0 Å². The van der Waals surface area contributed by atoms with Crippen LogP contribution in [0.5, 0.6) is 0 Å². The molecule has 0 saturated heterocycles. The molecule has 8 aromatic rings. The Kier molecular flexibility index (Phi) is 16.5. The molecule has 0 aliphatic carbocycles. The molecule has 15 heteroatoms. The number of hydrogen-bond donors (Lipinski definition) is 1. The van der Waals surface area contributed by atoms with Crippen molar-refractivity contribution in [2.75, 3.05) is 38.0 Å². The van der Waals surface area contributed by atoms with Crippen LogP contribution in [-0.4, -0.2) is 69.1 Å². The maximum Gasteiger partial charge on any atom is 0.230 e. The van der Waals surface area contributed by atoms with E-state index < -0.39 is 0 Å². The van der Waals surface area contributed by atoms with Crippen molar-refractivity contribution in [3.05, 3.63) is 141 Å². The average molecular weight is 1220 g/mol. The van der Waals surface area contributed by atoms with Crippen LogP contribution in [-0.2, 0) is 0 Å². The van der Waals surface area contributed by atoms with Gasteiger partial charge in [0, 0.05) is 80.7 Å². The van der Waals surface area contributed by atoms with Gasteiger partial charge in [0.15, 0.2) is 0 Å². The first-order valence-electron chi connectivity index (χ1n) is 17.9. The van der Waals surface area contributed by atoms with Gasteiger partial charge >= 0.3 is 0 Å². The highest BCUT2D eigenvalue weighted by atomic mass is 127. The van der Waals surface area contributed by atoms with Crippen molar-refractivity contribution in [2.45, 2.75) is 13.8 Å². The number of H-pyrrole nitrogens is 1. The second-order valence-electron chi connectivity index (χ2n) is 13.3. The molecule has 0 spiro atoms. The van der Waals surface area contributed by atoms with E-state index in [1.165, 1.54) is 19.5 Å². The molecule has 0 fully saturated rings. The highest BCUT2D eigenvalue weighted by Crippen LogP contribution is 2.23. The van der Waals surface area contributed by atoms with Crippen LogP contribution in [0.25, 0.3) is 33.1 Å². The Labute approximate surface area is 401 Å². The number of aromatic amines is 1. The molecule has 6 heterocycles. The van der Waals surface area contributed by atoms with E-state index >= 15 is 0 Å². The fourth-order valence-electron chi connectivity index (χ4n) is 5.57. The first-order chi connectivity index (χ1) is 28.5. The number of anilines is 2. The van der Waals surface area contributed by atoms with E-state index in [4.69, 9.17) is 6.42 Å². The summed E-state index contributed by atoms with van der Waals surface area (Å²) in [5, 5.41) is 3.02. The van der Waals surface area contributed by atoms with E-state index in [-0.39, 0.29) is 11.8 Å². The van der Waals surface area contributed by atoms with Crippen molar-refractivity contribution < 1.29 is 9.59 Å². The minimum absolute atomic E-state index is 0.0185. The predicted molar refractivity (Wildman–Crippen MR) is 272 cm³/mol. The molecule has 0 aliphatic heterocycles. The van der Waals surface area contributed by atoms with Crippen molar-refractivity contribution in [1.82, 2.24) is 29.1 Å². The number of aromatic nitrogens is 6. The zero-order valence-electron chi connectivity index (χ0n) is 33.2. The molecule has 0 bridgehead atoms. The molecule has 6 aromatic heterocycles. The summed E-state index contributed by atoms with van der Waals surface area (Å²) in [7, 11) is 8.00. The molecule has 2 aromatic carbocycles. The summed E-state index contributed by atoms with van der Waals surface area (Å²) in [6.45, 7) is 3.04.